The molecule has 0 radical (unpaired) electrons. The van der Waals surface area contributed by atoms with Crippen molar-refractivity contribution >= 4 is 5.97 Å². The number of hydrogen-bond donors (Lipinski definition) is 0. The lowest BCUT2D eigenvalue weighted by molar-refractivity contribution is -0.135. The van der Waals surface area contributed by atoms with E-state index in [1.54, 1.807) is 20.1 Å². The van der Waals surface area contributed by atoms with Gasteiger partial charge in [0.2, 0.25) is 0 Å². The Balaban J connectivity index is 3.81. The predicted octanol–water partition coefficient (Wildman–Crippen LogP) is 1.61. The number of methoxy groups -OCH3 is 1. The van der Waals surface area contributed by atoms with E-state index in [1.165, 1.54) is 19.4 Å². The molecular formula is C8H12O3. The molecule has 0 N–H and O–H groups in total. The summed E-state index contributed by atoms with van der Waals surface area (Å²) < 4.78 is 9.25. The Kier molecular flexibility index (Phi) is 4.90. The fraction of sp³-hybridized carbons (Fsp3) is 0.375. The van der Waals surface area contributed by atoms with Crippen molar-refractivity contribution in [2.75, 3.05) is 7.11 Å². The van der Waals surface area contributed by atoms with Crippen LogP contribution in [0.25, 0.3) is 0 Å². The van der Waals surface area contributed by atoms with Crippen molar-refractivity contribution in [1.82, 2.24) is 0 Å². The maximum absolute atomic E-state index is 10.3. The zero-order valence-electron chi connectivity index (χ0n) is 6.96. The topological polar surface area (TPSA) is 35.5 Å². The van der Waals surface area contributed by atoms with Gasteiger partial charge in [0.05, 0.1) is 19.6 Å². The molecule has 62 valence electrons. The zero-order valence-corrected chi connectivity index (χ0v) is 6.96. The maximum Gasteiger partial charge on any atom is 0.307 e. The van der Waals surface area contributed by atoms with Crippen LogP contribution in [0, 0.1) is 0 Å². The summed E-state index contributed by atoms with van der Waals surface area (Å²) in [7, 11) is 1.55. The Morgan fingerprint density at radius 1 is 1.36 bits per heavy atom. The normalized spacial score (nSPS) is 11.7. The number of ether oxygens (including phenoxy) is 2. The van der Waals surface area contributed by atoms with Crippen molar-refractivity contribution in [3.63, 3.8) is 0 Å². The number of allylic oxidation sites excluding steroid dienone is 2. The van der Waals surface area contributed by atoms with Crippen LogP contribution < -0.4 is 0 Å². The van der Waals surface area contributed by atoms with Gasteiger partial charge in [0.1, 0.15) is 0 Å². The van der Waals surface area contributed by atoms with Crippen LogP contribution in [0.3, 0.4) is 0 Å². The van der Waals surface area contributed by atoms with Gasteiger partial charge in [-0.15, -0.1) is 0 Å². The molecule has 0 fully saturated rings. The van der Waals surface area contributed by atoms with Crippen LogP contribution >= 0.6 is 0 Å². The first-order valence-electron chi connectivity index (χ1n) is 3.20. The third kappa shape index (κ3) is 6.64. The minimum Gasteiger partial charge on any atom is -0.504 e. The van der Waals surface area contributed by atoms with Gasteiger partial charge in [-0.05, 0) is 18.6 Å². The van der Waals surface area contributed by atoms with E-state index in [2.05, 4.69) is 9.47 Å². The molecule has 0 spiro atoms. The van der Waals surface area contributed by atoms with Crippen molar-refractivity contribution in [3.05, 3.63) is 24.2 Å². The Morgan fingerprint density at radius 2 is 2.00 bits per heavy atom. The highest BCUT2D eigenvalue weighted by Gasteiger charge is 1.86. The summed E-state index contributed by atoms with van der Waals surface area (Å²) in [6.45, 7) is 3.16. The monoisotopic (exact) mass is 156 g/mol. The Morgan fingerprint density at radius 3 is 2.45 bits per heavy atom. The number of rotatable bonds is 3. The first-order chi connectivity index (χ1) is 5.16. The molecule has 0 rings (SSSR count). The molecule has 0 heterocycles. The molecule has 0 bridgehead atoms. The molecule has 0 aromatic heterocycles. The lowest BCUT2D eigenvalue weighted by Crippen LogP contribution is -1.90. The van der Waals surface area contributed by atoms with E-state index in [9.17, 15) is 4.79 Å². The lowest BCUT2D eigenvalue weighted by atomic mass is 10.3. The summed E-state index contributed by atoms with van der Waals surface area (Å²) in [6, 6.07) is 0. The molecule has 3 nitrogen and oxygen atoms in total. The van der Waals surface area contributed by atoms with E-state index in [1.807, 2.05) is 0 Å². The van der Waals surface area contributed by atoms with Crippen LogP contribution in [-0.2, 0) is 14.3 Å². The second-order valence-corrected chi connectivity index (χ2v) is 2.01. The molecule has 0 aliphatic heterocycles. The molecule has 0 saturated heterocycles. The highest BCUT2D eigenvalue weighted by Crippen LogP contribution is 1.95. The molecule has 0 aromatic rings. The van der Waals surface area contributed by atoms with E-state index < -0.39 is 0 Å². The minimum absolute atomic E-state index is 0.324. The third-order valence-corrected chi connectivity index (χ3v) is 0.878. The van der Waals surface area contributed by atoms with Crippen molar-refractivity contribution in [2.24, 2.45) is 0 Å². The largest absolute Gasteiger partial charge is 0.504 e. The fourth-order valence-electron chi connectivity index (χ4n) is 0.391. The second-order valence-electron chi connectivity index (χ2n) is 2.01. The number of carbonyl (C=O) groups is 1. The van der Waals surface area contributed by atoms with E-state index in [4.69, 9.17) is 0 Å². The maximum atomic E-state index is 10.3. The summed E-state index contributed by atoms with van der Waals surface area (Å²) in [4.78, 5) is 10.3. The molecule has 0 atom stereocenters. The standard InChI is InChI=1S/C8H12O3/c1-7(4-5-10-3)6-11-8(2)9/h4-6H,1-3H3/b5-4-,7-6-. The first-order valence-corrected chi connectivity index (χ1v) is 3.20. The molecule has 0 aliphatic carbocycles. The Hall–Kier alpha value is -1.25. The lowest BCUT2D eigenvalue weighted by Gasteiger charge is -1.93. The number of esters is 1. The van der Waals surface area contributed by atoms with E-state index in [-0.39, 0.29) is 5.97 Å². The quantitative estimate of drug-likeness (QED) is 0.354. The number of hydrogen-bond acceptors (Lipinski definition) is 3. The van der Waals surface area contributed by atoms with Gasteiger partial charge in [-0.25, -0.2) is 0 Å². The summed E-state index contributed by atoms with van der Waals surface area (Å²) in [5.41, 5.74) is 0.821. The summed E-state index contributed by atoms with van der Waals surface area (Å²) >= 11 is 0. The summed E-state index contributed by atoms with van der Waals surface area (Å²) in [5, 5.41) is 0. The van der Waals surface area contributed by atoms with Gasteiger partial charge in [-0.2, -0.15) is 0 Å². The molecule has 11 heavy (non-hydrogen) atoms. The molecule has 0 saturated carbocycles. The number of carbonyl (C=O) groups excluding carboxylic acids is 1. The van der Waals surface area contributed by atoms with Gasteiger partial charge < -0.3 is 9.47 Å². The van der Waals surface area contributed by atoms with Crippen LogP contribution in [0.2, 0.25) is 0 Å². The molecular weight excluding hydrogens is 144 g/mol. The van der Waals surface area contributed by atoms with E-state index in [0.29, 0.717) is 0 Å². The van der Waals surface area contributed by atoms with Crippen molar-refractivity contribution in [1.29, 1.82) is 0 Å². The molecule has 0 amide bonds. The van der Waals surface area contributed by atoms with Gasteiger partial charge in [-0.1, -0.05) is 0 Å². The fourth-order valence-corrected chi connectivity index (χ4v) is 0.391. The van der Waals surface area contributed by atoms with Crippen LogP contribution in [0.15, 0.2) is 24.2 Å². The molecule has 0 aromatic carbocycles. The van der Waals surface area contributed by atoms with Gasteiger partial charge in [-0.3, -0.25) is 4.79 Å². The van der Waals surface area contributed by atoms with Crippen LogP contribution in [0.5, 0.6) is 0 Å². The average Bonchev–Trinajstić information content (AvgIpc) is 1.97. The van der Waals surface area contributed by atoms with Gasteiger partial charge in [0.15, 0.2) is 0 Å². The van der Waals surface area contributed by atoms with Crippen molar-refractivity contribution < 1.29 is 14.3 Å². The van der Waals surface area contributed by atoms with Crippen molar-refractivity contribution in [3.8, 4) is 0 Å². The summed E-state index contributed by atoms with van der Waals surface area (Å²) in [6.07, 6.45) is 4.58. The Labute approximate surface area is 66.3 Å². The second kappa shape index (κ2) is 5.53. The van der Waals surface area contributed by atoms with Crippen LogP contribution in [0.4, 0.5) is 0 Å². The summed E-state index contributed by atoms with van der Waals surface area (Å²) in [5.74, 6) is -0.324. The highest BCUT2D eigenvalue weighted by atomic mass is 16.5. The smallest absolute Gasteiger partial charge is 0.307 e. The van der Waals surface area contributed by atoms with Crippen molar-refractivity contribution in [2.45, 2.75) is 13.8 Å². The van der Waals surface area contributed by atoms with Gasteiger partial charge in [0.25, 0.3) is 0 Å². The first kappa shape index (κ1) is 9.75. The van der Waals surface area contributed by atoms with Crippen LogP contribution in [-0.4, -0.2) is 13.1 Å². The zero-order chi connectivity index (χ0) is 8.69. The molecule has 3 heteroatoms. The molecule has 0 unspecified atom stereocenters. The van der Waals surface area contributed by atoms with E-state index in [0.717, 1.165) is 5.57 Å². The third-order valence-electron chi connectivity index (χ3n) is 0.878. The Bertz CT molecular complexity index is 180. The van der Waals surface area contributed by atoms with Crippen LogP contribution in [0.1, 0.15) is 13.8 Å². The van der Waals surface area contributed by atoms with Gasteiger partial charge >= 0.3 is 5.97 Å². The minimum atomic E-state index is -0.324. The SMILES string of the molecule is CO/C=C\C(C)=C/OC(C)=O. The predicted molar refractivity (Wildman–Crippen MR) is 41.7 cm³/mol. The average molecular weight is 156 g/mol. The highest BCUT2D eigenvalue weighted by molar-refractivity contribution is 5.66. The molecule has 0 aliphatic rings. The van der Waals surface area contributed by atoms with E-state index >= 15 is 0 Å². The van der Waals surface area contributed by atoms with Gasteiger partial charge in [0, 0.05) is 6.92 Å².